The molecule has 0 spiro atoms. The molecule has 1 aliphatic heterocycles. The maximum Gasteiger partial charge on any atom is 0.264 e. The lowest BCUT2D eigenvalue weighted by molar-refractivity contribution is 0.220. The molecule has 0 atom stereocenters. The van der Waals surface area contributed by atoms with Crippen LogP contribution in [0.2, 0.25) is 0 Å². The van der Waals surface area contributed by atoms with E-state index >= 15 is 0 Å². The van der Waals surface area contributed by atoms with Crippen molar-refractivity contribution in [2.45, 2.75) is 4.90 Å². The normalized spacial score (nSPS) is 15.7. The molecule has 0 saturated carbocycles. The van der Waals surface area contributed by atoms with E-state index in [1.54, 1.807) is 18.2 Å². The Kier molecular flexibility index (Phi) is 6.88. The van der Waals surface area contributed by atoms with Gasteiger partial charge in [0.1, 0.15) is 0 Å². The third-order valence-corrected chi connectivity index (χ3v) is 6.38. The van der Waals surface area contributed by atoms with E-state index in [0.717, 1.165) is 38.1 Å². The first-order chi connectivity index (χ1) is 13.4. The van der Waals surface area contributed by atoms with Gasteiger partial charge in [-0.15, -0.1) is 9.63 Å². The summed E-state index contributed by atoms with van der Waals surface area (Å²) < 4.78 is 31.7. The van der Waals surface area contributed by atoms with Gasteiger partial charge in [-0.3, -0.25) is 0 Å². The van der Waals surface area contributed by atoms with Crippen molar-refractivity contribution in [3.63, 3.8) is 0 Å². The number of rotatable bonds is 5. The predicted octanol–water partition coefficient (Wildman–Crippen LogP) is 2.54. The third kappa shape index (κ3) is 5.67. The molecule has 0 amide bonds. The van der Waals surface area contributed by atoms with Gasteiger partial charge in [0.2, 0.25) is 5.95 Å². The van der Waals surface area contributed by atoms with Gasteiger partial charge < -0.3 is 9.80 Å². The van der Waals surface area contributed by atoms with Crippen molar-refractivity contribution >= 4 is 50.1 Å². The number of nitrogens with zero attached hydrogens (tertiary/aromatic N) is 6. The van der Waals surface area contributed by atoms with Crippen LogP contribution >= 0.6 is 24.2 Å². The Morgan fingerprint density at radius 2 is 1.79 bits per heavy atom. The Labute approximate surface area is 173 Å². The van der Waals surface area contributed by atoms with Crippen LogP contribution in [0.25, 0.3) is 0 Å². The molecule has 2 aromatic rings. The maximum atomic E-state index is 12.3. The van der Waals surface area contributed by atoms with Crippen molar-refractivity contribution in [1.82, 2.24) is 19.8 Å². The van der Waals surface area contributed by atoms with E-state index in [1.165, 1.54) is 24.5 Å². The quantitative estimate of drug-likeness (QED) is 0.432. The van der Waals surface area contributed by atoms with Crippen LogP contribution in [0.15, 0.2) is 57.3 Å². The number of sulfonamides is 1. The Morgan fingerprint density at radius 1 is 1.14 bits per heavy atom. The highest BCUT2D eigenvalue weighted by Crippen LogP contribution is 2.21. The molecule has 9 nitrogen and oxygen atoms in total. The molecule has 3 rings (SSSR count). The zero-order chi connectivity index (χ0) is 20.0. The standard InChI is InChI=1S/C16H19N7O2S3/c1-22-9-11-23(12-10-22)16(26)27-21-19-13-3-5-14(6-4-13)28(24,25)20-15-17-7-2-8-18-15/h2-8H,9-12H2,1H3,(H,17,18,20). The van der Waals surface area contributed by atoms with Crippen molar-refractivity contribution in [2.75, 3.05) is 37.9 Å². The average molecular weight is 438 g/mol. The van der Waals surface area contributed by atoms with Crippen LogP contribution in [0.3, 0.4) is 0 Å². The molecule has 0 radical (unpaired) electrons. The van der Waals surface area contributed by atoms with Crippen molar-refractivity contribution < 1.29 is 8.42 Å². The summed E-state index contributed by atoms with van der Waals surface area (Å²) in [4.78, 5) is 12.1. The first kappa shape index (κ1) is 20.6. The molecular formula is C16H19N7O2S3. The van der Waals surface area contributed by atoms with E-state index in [9.17, 15) is 8.42 Å². The number of benzene rings is 1. The summed E-state index contributed by atoms with van der Waals surface area (Å²) in [7, 11) is -1.68. The summed E-state index contributed by atoms with van der Waals surface area (Å²) in [5.41, 5.74) is 0.531. The minimum absolute atomic E-state index is 0.0140. The van der Waals surface area contributed by atoms with Crippen LogP contribution in [0.4, 0.5) is 11.6 Å². The lowest BCUT2D eigenvalue weighted by atomic mass is 10.3. The number of anilines is 1. The maximum absolute atomic E-state index is 12.3. The molecule has 1 fully saturated rings. The topological polar surface area (TPSA) is 103 Å². The van der Waals surface area contributed by atoms with Gasteiger partial charge in [-0.1, -0.05) is 12.2 Å². The molecule has 148 valence electrons. The number of piperazine rings is 1. The minimum Gasteiger partial charge on any atom is -0.353 e. The molecule has 2 heterocycles. The molecule has 0 bridgehead atoms. The van der Waals surface area contributed by atoms with Gasteiger partial charge in [0.25, 0.3) is 10.0 Å². The zero-order valence-corrected chi connectivity index (χ0v) is 17.5. The van der Waals surface area contributed by atoms with Crippen molar-refractivity contribution in [1.29, 1.82) is 0 Å². The summed E-state index contributed by atoms with van der Waals surface area (Å²) in [5.74, 6) is 0.0140. The highest BCUT2D eigenvalue weighted by molar-refractivity contribution is 8.21. The largest absolute Gasteiger partial charge is 0.353 e. The second-order valence-electron chi connectivity index (χ2n) is 6.00. The van der Waals surface area contributed by atoms with Gasteiger partial charge in [0.15, 0.2) is 4.32 Å². The highest BCUT2D eigenvalue weighted by atomic mass is 32.2. The summed E-state index contributed by atoms with van der Waals surface area (Å²) in [6, 6.07) is 7.64. The summed E-state index contributed by atoms with van der Waals surface area (Å²) in [6.07, 6.45) is 2.91. The van der Waals surface area contributed by atoms with Crippen LogP contribution in [-0.4, -0.2) is 65.7 Å². The average Bonchev–Trinajstić information content (AvgIpc) is 2.69. The Bertz CT molecular complexity index is 928. The lowest BCUT2D eigenvalue weighted by Crippen LogP contribution is -2.45. The zero-order valence-electron chi connectivity index (χ0n) is 15.1. The van der Waals surface area contributed by atoms with Crippen molar-refractivity contribution in [2.24, 2.45) is 9.63 Å². The fourth-order valence-electron chi connectivity index (χ4n) is 2.37. The molecule has 0 aliphatic carbocycles. The van der Waals surface area contributed by atoms with E-state index in [2.05, 4.69) is 41.2 Å². The molecule has 28 heavy (non-hydrogen) atoms. The van der Waals surface area contributed by atoms with Crippen LogP contribution in [-0.2, 0) is 10.0 Å². The molecule has 1 aromatic carbocycles. The fraction of sp³-hybridized carbons (Fsp3) is 0.312. The van der Waals surface area contributed by atoms with Gasteiger partial charge >= 0.3 is 0 Å². The van der Waals surface area contributed by atoms with E-state index in [1.807, 2.05) is 0 Å². The van der Waals surface area contributed by atoms with Crippen LogP contribution in [0.5, 0.6) is 0 Å². The number of hydrogen-bond donors (Lipinski definition) is 1. The second-order valence-corrected chi connectivity index (χ2v) is 9.06. The summed E-state index contributed by atoms with van der Waals surface area (Å²) in [5, 5.41) is 4.09. The van der Waals surface area contributed by atoms with E-state index < -0.39 is 10.0 Å². The number of aromatic nitrogens is 2. The summed E-state index contributed by atoms with van der Waals surface area (Å²) >= 11 is 6.52. The van der Waals surface area contributed by atoms with Gasteiger partial charge in [-0.2, -0.15) is 0 Å². The number of hydrogen-bond acceptors (Lipinski definition) is 9. The number of nitrogens with one attached hydrogen (secondary N) is 1. The smallest absolute Gasteiger partial charge is 0.264 e. The molecule has 1 saturated heterocycles. The second kappa shape index (κ2) is 9.37. The summed E-state index contributed by atoms with van der Waals surface area (Å²) in [6.45, 7) is 3.69. The predicted molar refractivity (Wildman–Crippen MR) is 113 cm³/mol. The number of likely N-dealkylation sites (N-methyl/N-ethyl adjacent to an activating group) is 1. The molecule has 1 N–H and O–H groups in total. The lowest BCUT2D eigenvalue weighted by Gasteiger charge is -2.32. The van der Waals surface area contributed by atoms with Crippen LogP contribution < -0.4 is 4.72 Å². The molecular weight excluding hydrogens is 418 g/mol. The number of thiocarbonyl (C=S) groups is 1. The Balaban J connectivity index is 1.56. The SMILES string of the molecule is CN1CCN(C(=S)SN=Nc2ccc(S(=O)(=O)Nc3ncccn3)cc2)CC1. The third-order valence-electron chi connectivity index (χ3n) is 3.98. The Hall–Kier alpha value is -2.15. The van der Waals surface area contributed by atoms with Gasteiger partial charge in [-0.25, -0.2) is 23.1 Å². The van der Waals surface area contributed by atoms with Gasteiger partial charge in [-0.05, 0) is 37.4 Å². The highest BCUT2D eigenvalue weighted by Gasteiger charge is 2.17. The van der Waals surface area contributed by atoms with Gasteiger partial charge in [0, 0.05) is 38.6 Å². The van der Waals surface area contributed by atoms with Crippen molar-refractivity contribution in [3.05, 3.63) is 42.7 Å². The molecule has 12 heteroatoms. The first-order valence-corrected chi connectivity index (χ1v) is 11.1. The molecule has 1 aromatic heterocycles. The van der Waals surface area contributed by atoms with Crippen molar-refractivity contribution in [3.8, 4) is 0 Å². The van der Waals surface area contributed by atoms with E-state index in [-0.39, 0.29) is 10.8 Å². The molecule has 1 aliphatic rings. The first-order valence-electron chi connectivity index (χ1n) is 8.39. The fourth-order valence-corrected chi connectivity index (χ4v) is 4.12. The minimum atomic E-state index is -3.77. The Morgan fingerprint density at radius 3 is 2.43 bits per heavy atom. The van der Waals surface area contributed by atoms with E-state index in [0.29, 0.717) is 10.0 Å². The van der Waals surface area contributed by atoms with E-state index in [4.69, 9.17) is 12.2 Å². The molecule has 0 unspecified atom stereocenters. The van der Waals surface area contributed by atoms with Gasteiger partial charge in [0.05, 0.1) is 22.5 Å². The van der Waals surface area contributed by atoms with Crippen LogP contribution in [0, 0.1) is 0 Å². The van der Waals surface area contributed by atoms with Crippen LogP contribution in [0.1, 0.15) is 0 Å². The monoisotopic (exact) mass is 437 g/mol.